The number of morpholine rings is 1. The Morgan fingerprint density at radius 1 is 1.07 bits per heavy atom. The van der Waals surface area contributed by atoms with Crippen LogP contribution in [0.3, 0.4) is 0 Å². The van der Waals surface area contributed by atoms with Crippen LogP contribution in [-0.2, 0) is 20.9 Å². The van der Waals surface area contributed by atoms with Gasteiger partial charge in [0.15, 0.2) is 0 Å². The van der Waals surface area contributed by atoms with Crippen molar-refractivity contribution in [3.05, 3.63) is 59.9 Å². The van der Waals surface area contributed by atoms with E-state index in [4.69, 9.17) is 9.47 Å². The Hall–Kier alpha value is -3.90. The minimum Gasteiger partial charge on any atom is -0.497 e. The van der Waals surface area contributed by atoms with E-state index in [2.05, 4.69) is 25.6 Å². The van der Waals surface area contributed by atoms with Gasteiger partial charge in [-0.25, -0.2) is 4.39 Å². The molecule has 11 nitrogen and oxygen atoms in total. The van der Waals surface area contributed by atoms with Crippen molar-refractivity contribution in [2.75, 3.05) is 46.5 Å². The summed E-state index contributed by atoms with van der Waals surface area (Å²) in [5, 5.41) is 15.8. The maximum absolute atomic E-state index is 14.0. The molecule has 2 aliphatic rings. The lowest BCUT2D eigenvalue weighted by Crippen LogP contribution is -2.50. The second-order valence-corrected chi connectivity index (χ2v) is 10.7. The number of ether oxygens (including phenoxy) is 2. The largest absolute Gasteiger partial charge is 0.497 e. The van der Waals surface area contributed by atoms with Crippen LogP contribution in [-0.4, -0.2) is 94.4 Å². The van der Waals surface area contributed by atoms with Gasteiger partial charge in [-0.1, -0.05) is 31.4 Å². The van der Waals surface area contributed by atoms with Gasteiger partial charge in [0.05, 0.1) is 20.3 Å². The number of hydrogen-bond acceptors (Lipinski definition) is 8. The second kappa shape index (κ2) is 14.3. The predicted molar refractivity (Wildman–Crippen MR) is 153 cm³/mol. The topological polar surface area (TPSA) is 115 Å². The van der Waals surface area contributed by atoms with Gasteiger partial charge in [-0.05, 0) is 60.0 Å². The number of hydrogen-bond donors (Lipinski definition) is 1. The number of methoxy groups -OCH3 is 1. The summed E-state index contributed by atoms with van der Waals surface area (Å²) in [6.45, 7) is 3.37. The first-order chi connectivity index (χ1) is 20.5. The quantitative estimate of drug-likeness (QED) is 0.369. The highest BCUT2D eigenvalue weighted by Gasteiger charge is 2.33. The standard InChI is InChI=1S/C30H38FN7O4/c1-41-26-13-9-23(10-14-26)29-33-35-38(34-29)21-27(39)37(16-15-36-17-19-42-20-18-36)28(22-7-11-24(31)12-8-22)30(40)32-25-5-3-2-4-6-25/h7-14,25,28H,2-6,15-21H2,1H3,(H,32,40)/t28-/m1/s1. The van der Waals surface area contributed by atoms with Crippen molar-refractivity contribution in [3.8, 4) is 17.1 Å². The second-order valence-electron chi connectivity index (χ2n) is 10.7. The molecule has 2 aromatic carbocycles. The van der Waals surface area contributed by atoms with Crippen molar-refractivity contribution in [2.45, 2.75) is 50.7 Å². The minimum atomic E-state index is -0.939. The van der Waals surface area contributed by atoms with Gasteiger partial charge in [0.25, 0.3) is 0 Å². The number of rotatable bonds is 11. The predicted octanol–water partition coefficient (Wildman–Crippen LogP) is 2.84. The molecule has 42 heavy (non-hydrogen) atoms. The van der Waals surface area contributed by atoms with E-state index in [0.29, 0.717) is 43.4 Å². The van der Waals surface area contributed by atoms with Gasteiger partial charge in [0.1, 0.15) is 24.2 Å². The van der Waals surface area contributed by atoms with E-state index in [-0.39, 0.29) is 24.4 Å². The van der Waals surface area contributed by atoms with Crippen LogP contribution in [0.4, 0.5) is 4.39 Å². The first kappa shape index (κ1) is 29.6. The molecule has 0 spiro atoms. The fourth-order valence-corrected chi connectivity index (χ4v) is 5.49. The smallest absolute Gasteiger partial charge is 0.247 e. The van der Waals surface area contributed by atoms with Crippen LogP contribution in [0, 0.1) is 5.82 Å². The summed E-state index contributed by atoms with van der Waals surface area (Å²) in [4.78, 5) is 32.9. The van der Waals surface area contributed by atoms with Gasteiger partial charge >= 0.3 is 0 Å². The van der Waals surface area contributed by atoms with Crippen LogP contribution < -0.4 is 10.1 Å². The van der Waals surface area contributed by atoms with Gasteiger partial charge in [-0.15, -0.1) is 10.2 Å². The van der Waals surface area contributed by atoms with Crippen LogP contribution in [0.1, 0.15) is 43.7 Å². The van der Waals surface area contributed by atoms with Gasteiger partial charge in [-0.2, -0.15) is 4.80 Å². The molecule has 1 aromatic heterocycles. The fraction of sp³-hybridized carbons (Fsp3) is 0.500. The van der Waals surface area contributed by atoms with E-state index in [1.54, 1.807) is 36.3 Å². The van der Waals surface area contributed by atoms with Gasteiger partial charge in [0, 0.05) is 37.8 Å². The Balaban J connectivity index is 1.39. The molecular weight excluding hydrogens is 541 g/mol. The average Bonchev–Trinajstić information content (AvgIpc) is 3.49. The highest BCUT2D eigenvalue weighted by atomic mass is 19.1. The molecule has 1 aliphatic carbocycles. The molecule has 2 fully saturated rings. The van der Waals surface area contributed by atoms with E-state index < -0.39 is 11.9 Å². The average molecular weight is 580 g/mol. The molecule has 0 unspecified atom stereocenters. The molecule has 1 saturated carbocycles. The summed E-state index contributed by atoms with van der Waals surface area (Å²) in [6, 6.07) is 12.1. The third kappa shape index (κ3) is 7.68. The number of amides is 2. The number of carbonyl (C=O) groups excluding carboxylic acids is 2. The third-order valence-corrected chi connectivity index (χ3v) is 7.86. The number of nitrogens with zero attached hydrogens (tertiary/aromatic N) is 6. The summed E-state index contributed by atoms with van der Waals surface area (Å²) in [6.07, 6.45) is 5.07. The van der Waals surface area contributed by atoms with Gasteiger partial charge < -0.3 is 19.7 Å². The van der Waals surface area contributed by atoms with Crippen molar-refractivity contribution in [1.82, 2.24) is 35.3 Å². The van der Waals surface area contributed by atoms with Crippen LogP contribution in [0.15, 0.2) is 48.5 Å². The minimum absolute atomic E-state index is 0.0504. The van der Waals surface area contributed by atoms with Crippen LogP contribution >= 0.6 is 0 Å². The lowest BCUT2D eigenvalue weighted by molar-refractivity contribution is -0.142. The van der Waals surface area contributed by atoms with E-state index in [1.165, 1.54) is 16.9 Å². The van der Waals surface area contributed by atoms with Gasteiger partial charge in [0.2, 0.25) is 17.6 Å². The highest BCUT2D eigenvalue weighted by Crippen LogP contribution is 2.25. The lowest BCUT2D eigenvalue weighted by atomic mass is 9.94. The lowest BCUT2D eigenvalue weighted by Gasteiger charge is -2.35. The molecule has 1 atom stereocenters. The summed E-state index contributed by atoms with van der Waals surface area (Å²) >= 11 is 0. The Kier molecular flexibility index (Phi) is 10.1. The first-order valence-electron chi connectivity index (χ1n) is 14.6. The van der Waals surface area contributed by atoms with E-state index in [9.17, 15) is 14.0 Å². The van der Waals surface area contributed by atoms with E-state index >= 15 is 0 Å². The zero-order chi connectivity index (χ0) is 29.3. The Bertz CT molecular complexity index is 1310. The Labute approximate surface area is 245 Å². The molecule has 12 heteroatoms. The summed E-state index contributed by atoms with van der Waals surface area (Å²) in [5.41, 5.74) is 1.28. The number of carbonyl (C=O) groups is 2. The molecule has 2 heterocycles. The van der Waals surface area contributed by atoms with Crippen molar-refractivity contribution in [3.63, 3.8) is 0 Å². The third-order valence-electron chi connectivity index (χ3n) is 7.86. The molecule has 224 valence electrons. The van der Waals surface area contributed by atoms with Crippen molar-refractivity contribution >= 4 is 11.8 Å². The maximum atomic E-state index is 14.0. The maximum Gasteiger partial charge on any atom is 0.247 e. The molecule has 0 bridgehead atoms. The molecular formula is C30H38FN7O4. The van der Waals surface area contributed by atoms with Crippen molar-refractivity contribution < 1.29 is 23.5 Å². The zero-order valence-electron chi connectivity index (χ0n) is 24.0. The van der Waals surface area contributed by atoms with E-state index in [1.807, 2.05) is 12.1 Å². The molecule has 1 saturated heterocycles. The van der Waals surface area contributed by atoms with Crippen LogP contribution in [0.5, 0.6) is 5.75 Å². The highest BCUT2D eigenvalue weighted by molar-refractivity contribution is 5.89. The SMILES string of the molecule is COc1ccc(-c2nnn(CC(=O)N(CCN3CCOCC3)[C@@H](C(=O)NC3CCCCC3)c3ccc(F)cc3)n2)cc1. The van der Waals surface area contributed by atoms with Crippen LogP contribution in [0.2, 0.25) is 0 Å². The summed E-state index contributed by atoms with van der Waals surface area (Å²) < 4.78 is 24.6. The molecule has 1 N–H and O–H groups in total. The van der Waals surface area contributed by atoms with Crippen molar-refractivity contribution in [2.24, 2.45) is 0 Å². The monoisotopic (exact) mass is 579 g/mol. The number of aromatic nitrogens is 4. The molecule has 5 rings (SSSR count). The van der Waals surface area contributed by atoms with Crippen molar-refractivity contribution in [1.29, 1.82) is 0 Å². The first-order valence-corrected chi connectivity index (χ1v) is 14.6. The van der Waals surface area contributed by atoms with Gasteiger partial charge in [-0.3, -0.25) is 14.5 Å². The molecule has 3 aromatic rings. The zero-order valence-corrected chi connectivity index (χ0v) is 24.0. The Morgan fingerprint density at radius 2 is 1.79 bits per heavy atom. The summed E-state index contributed by atoms with van der Waals surface area (Å²) in [5.74, 6) is 0.0599. The normalized spacial score (nSPS) is 17.0. The number of nitrogens with one attached hydrogen (secondary N) is 1. The molecule has 2 amide bonds. The molecule has 1 aliphatic heterocycles. The summed E-state index contributed by atoms with van der Waals surface area (Å²) in [7, 11) is 1.59. The molecule has 0 radical (unpaired) electrons. The fourth-order valence-electron chi connectivity index (χ4n) is 5.49. The Morgan fingerprint density at radius 3 is 2.48 bits per heavy atom. The number of halogens is 1. The van der Waals surface area contributed by atoms with Crippen LogP contribution in [0.25, 0.3) is 11.4 Å². The van der Waals surface area contributed by atoms with E-state index in [0.717, 1.165) is 50.8 Å². The number of tetrazole rings is 1. The number of benzene rings is 2.